The zero-order valence-corrected chi connectivity index (χ0v) is 15.0. The highest BCUT2D eigenvalue weighted by atomic mass is 32.2. The summed E-state index contributed by atoms with van der Waals surface area (Å²) in [6, 6.07) is 10.1. The highest BCUT2D eigenvalue weighted by molar-refractivity contribution is 7.92. The average molecular weight is 381 g/mol. The third kappa shape index (κ3) is 3.52. The van der Waals surface area contributed by atoms with Gasteiger partial charge in [-0.3, -0.25) is 4.72 Å². The molecule has 0 unspecified atom stereocenters. The number of sulfonamides is 1. The van der Waals surface area contributed by atoms with Gasteiger partial charge in [-0.2, -0.15) is 5.26 Å². The number of ether oxygens (including phenoxy) is 1. The summed E-state index contributed by atoms with van der Waals surface area (Å²) in [7, 11) is -3.79. The van der Waals surface area contributed by atoms with Crippen LogP contribution in [0, 0.1) is 16.7 Å². The summed E-state index contributed by atoms with van der Waals surface area (Å²) < 4.78 is 33.3. The molecule has 0 aliphatic heterocycles. The summed E-state index contributed by atoms with van der Waals surface area (Å²) in [6.07, 6.45) is 5.92. The largest absolute Gasteiger partial charge is 0.476 e. The van der Waals surface area contributed by atoms with E-state index >= 15 is 0 Å². The second-order valence-corrected chi connectivity index (χ2v) is 8.06. The molecule has 2 heterocycles. The van der Waals surface area contributed by atoms with E-state index in [1.165, 1.54) is 24.7 Å². The fourth-order valence-corrected chi connectivity index (χ4v) is 3.65. The first-order valence-corrected chi connectivity index (χ1v) is 9.71. The molecule has 8 nitrogen and oxygen atoms in total. The molecule has 1 aliphatic carbocycles. The van der Waals surface area contributed by atoms with Gasteiger partial charge in [-0.1, -0.05) is 0 Å². The lowest BCUT2D eigenvalue weighted by Crippen LogP contribution is -2.14. The van der Waals surface area contributed by atoms with Crippen molar-refractivity contribution in [1.82, 2.24) is 15.0 Å². The zero-order chi connectivity index (χ0) is 18.9. The van der Waals surface area contributed by atoms with Crippen molar-refractivity contribution in [3.8, 4) is 11.9 Å². The fraction of sp³-hybridized carbons (Fsp3) is 0.222. The van der Waals surface area contributed by atoms with Crippen LogP contribution in [0.25, 0.3) is 10.8 Å². The van der Waals surface area contributed by atoms with Gasteiger partial charge in [-0.05, 0) is 48.6 Å². The molecule has 1 aliphatic rings. The molecular formula is C18H15N5O3S. The Morgan fingerprint density at radius 1 is 1.19 bits per heavy atom. The van der Waals surface area contributed by atoms with E-state index in [0.717, 1.165) is 12.8 Å². The van der Waals surface area contributed by atoms with Crippen LogP contribution in [0.4, 0.5) is 5.82 Å². The molecule has 0 amide bonds. The first-order chi connectivity index (χ1) is 13.0. The fourth-order valence-electron chi connectivity index (χ4n) is 2.60. The van der Waals surface area contributed by atoms with Gasteiger partial charge >= 0.3 is 0 Å². The quantitative estimate of drug-likeness (QED) is 0.697. The molecule has 0 bridgehead atoms. The van der Waals surface area contributed by atoms with Crippen LogP contribution >= 0.6 is 0 Å². The number of fused-ring (bicyclic) bond motifs is 1. The van der Waals surface area contributed by atoms with Crippen LogP contribution in [0.3, 0.4) is 0 Å². The summed E-state index contributed by atoms with van der Waals surface area (Å²) >= 11 is 0. The number of anilines is 1. The van der Waals surface area contributed by atoms with Gasteiger partial charge < -0.3 is 4.74 Å². The summed E-state index contributed by atoms with van der Waals surface area (Å²) in [6.45, 7) is 0.283. The molecule has 0 spiro atoms. The third-order valence-electron chi connectivity index (χ3n) is 4.41. The van der Waals surface area contributed by atoms with E-state index in [1.807, 2.05) is 0 Å². The highest BCUT2D eigenvalue weighted by Gasteiger charge is 2.44. The van der Waals surface area contributed by atoms with Crippen LogP contribution in [0.1, 0.15) is 12.8 Å². The molecule has 3 aromatic rings. The Morgan fingerprint density at radius 2 is 2.04 bits per heavy atom. The van der Waals surface area contributed by atoms with Crippen molar-refractivity contribution < 1.29 is 13.2 Å². The molecule has 136 valence electrons. The van der Waals surface area contributed by atoms with E-state index in [9.17, 15) is 8.42 Å². The van der Waals surface area contributed by atoms with Crippen molar-refractivity contribution in [2.45, 2.75) is 17.7 Å². The van der Waals surface area contributed by atoms with Crippen LogP contribution in [0.2, 0.25) is 0 Å². The summed E-state index contributed by atoms with van der Waals surface area (Å²) in [5.74, 6) is 0.580. The Labute approximate surface area is 155 Å². The monoisotopic (exact) mass is 381 g/mol. The normalized spacial score (nSPS) is 15.1. The van der Waals surface area contributed by atoms with Gasteiger partial charge in [-0.15, -0.1) is 0 Å². The van der Waals surface area contributed by atoms with Crippen molar-refractivity contribution in [2.75, 3.05) is 11.3 Å². The second kappa shape index (κ2) is 6.48. The van der Waals surface area contributed by atoms with Gasteiger partial charge in [0.05, 0.1) is 16.4 Å². The highest BCUT2D eigenvalue weighted by Crippen LogP contribution is 2.45. The standard InChI is InChI=1S/C18H15N5O3S/c19-10-18(5-6-18)11-26-17-15-2-1-14(9-13(15)3-8-21-17)27(24,25)23-16-4-7-20-12-22-16/h1-4,7-9,12H,5-6,11H2,(H,20,22,23). The van der Waals surface area contributed by atoms with Crippen molar-refractivity contribution in [3.63, 3.8) is 0 Å². The smallest absolute Gasteiger partial charge is 0.263 e. The van der Waals surface area contributed by atoms with Crippen molar-refractivity contribution in [2.24, 2.45) is 5.41 Å². The summed E-state index contributed by atoms with van der Waals surface area (Å²) in [5, 5.41) is 10.5. The third-order valence-corrected chi connectivity index (χ3v) is 5.76. The Morgan fingerprint density at radius 3 is 2.74 bits per heavy atom. The lowest BCUT2D eigenvalue weighted by atomic mass is 10.1. The Balaban J connectivity index is 1.62. The predicted molar refractivity (Wildman–Crippen MR) is 97.4 cm³/mol. The minimum Gasteiger partial charge on any atom is -0.476 e. The second-order valence-electron chi connectivity index (χ2n) is 6.38. The van der Waals surface area contributed by atoms with Crippen LogP contribution < -0.4 is 9.46 Å². The maximum Gasteiger partial charge on any atom is 0.263 e. The number of hydrogen-bond donors (Lipinski definition) is 1. The van der Waals surface area contributed by atoms with Gasteiger partial charge in [0.15, 0.2) is 0 Å². The maximum atomic E-state index is 12.6. The minimum absolute atomic E-state index is 0.0986. The van der Waals surface area contributed by atoms with Crippen LogP contribution in [-0.4, -0.2) is 30.0 Å². The van der Waals surface area contributed by atoms with Crippen LogP contribution in [0.15, 0.2) is 53.9 Å². The van der Waals surface area contributed by atoms with Crippen molar-refractivity contribution in [1.29, 1.82) is 5.26 Å². The molecule has 1 N–H and O–H groups in total. The summed E-state index contributed by atoms with van der Waals surface area (Å²) in [4.78, 5) is 11.9. The van der Waals surface area contributed by atoms with E-state index < -0.39 is 15.4 Å². The van der Waals surface area contributed by atoms with E-state index in [0.29, 0.717) is 16.7 Å². The lowest BCUT2D eigenvalue weighted by molar-refractivity contribution is 0.262. The maximum absolute atomic E-state index is 12.6. The molecule has 2 aromatic heterocycles. The number of nitrogens with one attached hydrogen (secondary N) is 1. The molecule has 0 atom stereocenters. The molecule has 27 heavy (non-hydrogen) atoms. The van der Waals surface area contributed by atoms with E-state index in [4.69, 9.17) is 10.00 Å². The topological polar surface area (TPSA) is 118 Å². The Bertz CT molecular complexity index is 1140. The molecule has 0 saturated heterocycles. The number of nitriles is 1. The SMILES string of the molecule is N#CC1(COc2nccc3cc(S(=O)(=O)Nc4ccncn4)ccc23)CC1. The molecular weight excluding hydrogens is 366 g/mol. The van der Waals surface area contributed by atoms with E-state index in [2.05, 4.69) is 25.7 Å². The van der Waals surface area contributed by atoms with Gasteiger partial charge in [0, 0.05) is 17.8 Å². The first-order valence-electron chi connectivity index (χ1n) is 8.23. The Hall–Kier alpha value is -3.25. The van der Waals surface area contributed by atoms with E-state index in [-0.39, 0.29) is 17.3 Å². The van der Waals surface area contributed by atoms with Crippen LogP contribution in [0.5, 0.6) is 5.88 Å². The van der Waals surface area contributed by atoms with Gasteiger partial charge in [0.1, 0.15) is 18.8 Å². The van der Waals surface area contributed by atoms with Crippen molar-refractivity contribution >= 4 is 26.6 Å². The van der Waals surface area contributed by atoms with E-state index in [1.54, 1.807) is 24.4 Å². The number of aromatic nitrogens is 3. The predicted octanol–water partition coefficient (Wildman–Crippen LogP) is 2.51. The number of pyridine rings is 1. The molecule has 4 rings (SSSR count). The number of nitrogens with zero attached hydrogens (tertiary/aromatic N) is 4. The molecule has 1 saturated carbocycles. The first kappa shape index (κ1) is 17.2. The molecule has 1 aromatic carbocycles. The average Bonchev–Trinajstić information content (AvgIpc) is 3.47. The van der Waals surface area contributed by atoms with Crippen molar-refractivity contribution in [3.05, 3.63) is 49.1 Å². The summed E-state index contributed by atoms with van der Waals surface area (Å²) in [5.41, 5.74) is -0.408. The minimum atomic E-state index is -3.79. The molecule has 9 heteroatoms. The molecule has 0 radical (unpaired) electrons. The van der Waals surface area contributed by atoms with Gasteiger partial charge in [-0.25, -0.2) is 23.4 Å². The number of benzene rings is 1. The number of hydrogen-bond acceptors (Lipinski definition) is 7. The number of rotatable bonds is 6. The van der Waals surface area contributed by atoms with Gasteiger partial charge in [0.2, 0.25) is 5.88 Å². The lowest BCUT2D eigenvalue weighted by Gasteiger charge is -2.12. The van der Waals surface area contributed by atoms with Crippen LogP contribution in [-0.2, 0) is 10.0 Å². The zero-order valence-electron chi connectivity index (χ0n) is 14.2. The van der Waals surface area contributed by atoms with Gasteiger partial charge in [0.25, 0.3) is 10.0 Å². The Kier molecular flexibility index (Phi) is 4.12. The molecule has 1 fully saturated rings.